The van der Waals surface area contributed by atoms with Crippen molar-refractivity contribution in [1.82, 2.24) is 0 Å². The second kappa shape index (κ2) is 16.0. The topological polar surface area (TPSA) is 0 Å². The van der Waals surface area contributed by atoms with Crippen LogP contribution < -0.4 is 24.8 Å². The third-order valence-electron chi connectivity index (χ3n) is 10.5. The van der Waals surface area contributed by atoms with Gasteiger partial charge >= 0.3 is 99.2 Å². The molecule has 51 heavy (non-hydrogen) atoms. The summed E-state index contributed by atoms with van der Waals surface area (Å²) in [7, 11) is 0. The van der Waals surface area contributed by atoms with Crippen LogP contribution in [-0.4, -0.2) is 3.21 Å². The van der Waals surface area contributed by atoms with Crippen molar-refractivity contribution >= 4 is 14.4 Å². The molecule has 1 atom stereocenters. The minimum atomic E-state index is 0. The number of allylic oxidation sites excluding steroid dienone is 8. The van der Waals surface area contributed by atoms with E-state index in [1.165, 1.54) is 105 Å². The predicted octanol–water partition coefficient (Wildman–Crippen LogP) is 6.23. The molecule has 4 aliphatic rings. The van der Waals surface area contributed by atoms with E-state index >= 15 is 0 Å². The van der Waals surface area contributed by atoms with Crippen molar-refractivity contribution < 1.29 is 49.0 Å². The SMILES string of the molecule is CC1=[C-]C(C)(C)c2cc3c(cc21)-c1cc2c(cc1C3)C(C)(C)C=C2C.CC1=[C-]C(C)C=C1C(C)C.[Cl-].[Cl-].[Zr+2]=[C](c1ccccc1)c1ccccc1. The Morgan fingerprint density at radius 2 is 1.22 bits per heavy atom. The molecule has 0 fully saturated rings. The van der Waals surface area contributed by atoms with Crippen LogP contribution in [-0.2, 0) is 41.5 Å². The van der Waals surface area contributed by atoms with Gasteiger partial charge in [-0.1, -0.05) is 97.8 Å². The Morgan fingerprint density at radius 1 is 0.706 bits per heavy atom. The van der Waals surface area contributed by atoms with Gasteiger partial charge in [-0.3, -0.25) is 12.2 Å². The van der Waals surface area contributed by atoms with Gasteiger partial charge in [0.1, 0.15) is 0 Å². The van der Waals surface area contributed by atoms with E-state index in [-0.39, 0.29) is 35.6 Å². The molecule has 4 aromatic carbocycles. The van der Waals surface area contributed by atoms with Gasteiger partial charge in [-0.15, -0.1) is 11.6 Å². The molecule has 3 heteroatoms. The molecule has 0 nitrogen and oxygen atoms in total. The predicted molar refractivity (Wildman–Crippen MR) is 207 cm³/mol. The van der Waals surface area contributed by atoms with Crippen LogP contribution in [0.25, 0.3) is 22.3 Å². The first-order chi connectivity index (χ1) is 23.2. The number of hydrogen-bond donors (Lipinski definition) is 0. The molecule has 0 aliphatic heterocycles. The molecule has 0 heterocycles. The summed E-state index contributed by atoms with van der Waals surface area (Å²) in [4.78, 5) is 0. The number of fused-ring (bicyclic) bond motifs is 5. The second-order valence-electron chi connectivity index (χ2n) is 15.7. The van der Waals surface area contributed by atoms with E-state index in [0.29, 0.717) is 11.8 Å². The number of rotatable bonds is 3. The Hall–Kier alpha value is -2.83. The average molecular weight is 789 g/mol. The number of benzene rings is 4. The zero-order valence-electron chi connectivity index (χ0n) is 31.9. The molecule has 0 bridgehead atoms. The van der Waals surface area contributed by atoms with Crippen molar-refractivity contribution in [2.24, 2.45) is 11.8 Å². The van der Waals surface area contributed by atoms with Gasteiger partial charge in [-0.25, -0.2) is 11.1 Å². The molecule has 1 unspecified atom stereocenters. The van der Waals surface area contributed by atoms with Gasteiger partial charge in [-0.05, 0) is 58.4 Å². The van der Waals surface area contributed by atoms with Gasteiger partial charge in [0, 0.05) is 5.41 Å². The van der Waals surface area contributed by atoms with Gasteiger partial charge < -0.3 is 24.8 Å². The molecule has 4 aromatic rings. The van der Waals surface area contributed by atoms with Crippen molar-refractivity contribution in [1.29, 1.82) is 0 Å². The average Bonchev–Trinajstić information content (AvgIpc) is 3.74. The van der Waals surface area contributed by atoms with Crippen molar-refractivity contribution in [3.8, 4) is 11.1 Å². The summed E-state index contributed by atoms with van der Waals surface area (Å²) in [6.07, 6.45) is 12.8. The molecule has 0 N–H and O–H groups in total. The van der Waals surface area contributed by atoms with Crippen molar-refractivity contribution in [3.63, 3.8) is 0 Å². The molecule has 0 saturated heterocycles. The second-order valence-corrected chi connectivity index (χ2v) is 16.9. The molecule has 0 aromatic heterocycles. The van der Waals surface area contributed by atoms with Crippen LogP contribution in [0, 0.1) is 24.0 Å². The number of hydrogen-bond acceptors (Lipinski definition) is 0. The fourth-order valence-electron chi connectivity index (χ4n) is 8.14. The van der Waals surface area contributed by atoms with Crippen molar-refractivity contribution in [2.45, 2.75) is 86.5 Å². The Balaban J connectivity index is 0.000000191. The third kappa shape index (κ3) is 8.38. The first kappa shape index (κ1) is 40.9. The summed E-state index contributed by atoms with van der Waals surface area (Å²) >= 11 is 1.46. The van der Waals surface area contributed by atoms with Gasteiger partial charge in [0.15, 0.2) is 0 Å². The summed E-state index contributed by atoms with van der Waals surface area (Å²) in [6.45, 7) is 22.5. The molecule has 262 valence electrons. The zero-order chi connectivity index (χ0) is 35.2. The maximum absolute atomic E-state index is 3.65. The van der Waals surface area contributed by atoms with Crippen LogP contribution in [0.2, 0.25) is 0 Å². The molecule has 0 saturated carbocycles. The first-order valence-corrected chi connectivity index (χ1v) is 19.1. The monoisotopic (exact) mass is 786 g/mol. The minimum absolute atomic E-state index is 0. The summed E-state index contributed by atoms with van der Waals surface area (Å²) in [5.41, 5.74) is 20.0. The Bertz CT molecular complexity index is 1930. The maximum atomic E-state index is 3.65. The molecule has 0 amide bonds. The molecular weight excluding hydrogens is 739 g/mol. The fraction of sp³-hybridized carbons (Fsp3) is 0.312. The van der Waals surface area contributed by atoms with E-state index in [1.807, 2.05) is 0 Å². The summed E-state index contributed by atoms with van der Waals surface area (Å²) in [5, 5.41) is 0. The first-order valence-electron chi connectivity index (χ1n) is 17.8. The number of halogens is 2. The summed E-state index contributed by atoms with van der Waals surface area (Å²) in [5.74, 6) is 1.20. The normalized spacial score (nSPS) is 17.7. The summed E-state index contributed by atoms with van der Waals surface area (Å²) < 4.78 is 1.42. The van der Waals surface area contributed by atoms with Crippen molar-refractivity contribution in [3.05, 3.63) is 165 Å². The summed E-state index contributed by atoms with van der Waals surface area (Å²) in [6, 6.07) is 30.9. The van der Waals surface area contributed by atoms with Gasteiger partial charge in [0.2, 0.25) is 0 Å². The van der Waals surface area contributed by atoms with Gasteiger partial charge in [0.25, 0.3) is 0 Å². The van der Waals surface area contributed by atoms with Crippen LogP contribution in [0.3, 0.4) is 0 Å². The van der Waals surface area contributed by atoms with Crippen LogP contribution in [0.5, 0.6) is 0 Å². The fourth-order valence-corrected chi connectivity index (χ4v) is 8.96. The van der Waals surface area contributed by atoms with Crippen molar-refractivity contribution in [2.75, 3.05) is 0 Å². The molecule has 0 spiro atoms. The van der Waals surface area contributed by atoms with E-state index in [1.54, 1.807) is 0 Å². The third-order valence-corrected chi connectivity index (χ3v) is 11.9. The Morgan fingerprint density at radius 3 is 1.69 bits per heavy atom. The van der Waals surface area contributed by atoms with Crippen LogP contribution in [0.4, 0.5) is 0 Å². The van der Waals surface area contributed by atoms with E-state index in [0.717, 1.165) is 6.42 Å². The van der Waals surface area contributed by atoms with E-state index in [4.69, 9.17) is 0 Å². The van der Waals surface area contributed by atoms with E-state index in [9.17, 15) is 0 Å². The zero-order valence-corrected chi connectivity index (χ0v) is 35.8. The van der Waals surface area contributed by atoms with Crippen LogP contribution in [0.15, 0.2) is 108 Å². The Labute approximate surface area is 335 Å². The Kier molecular flexibility index (Phi) is 12.9. The molecule has 8 rings (SSSR count). The van der Waals surface area contributed by atoms with Gasteiger partial charge in [0.05, 0.1) is 0 Å². The van der Waals surface area contributed by atoms with E-state index in [2.05, 4.69) is 178 Å². The molecular formula is C48H50Cl2Zr-2. The quantitative estimate of drug-likeness (QED) is 0.191. The van der Waals surface area contributed by atoms with Gasteiger partial charge in [-0.2, -0.15) is 17.2 Å². The van der Waals surface area contributed by atoms with Crippen LogP contribution >= 0.6 is 0 Å². The van der Waals surface area contributed by atoms with Crippen LogP contribution in [0.1, 0.15) is 114 Å². The van der Waals surface area contributed by atoms with E-state index < -0.39 is 0 Å². The standard InChI is InChI=1S/C25H25.C13H10.C10H15.2ClH.Zr/c1-14-12-24(3,4)22-8-16-7-17-9-23-19(15(2)13-25(23,5)6)11-21(17)20(16)10-18(14)22;1-3-7-12(8-4-1)11-13-9-5-2-6-10-13;1-7(2)10-6-8(3)5-9(10)4;;;/h8-12H,7H2,1-6H3;1-10H;6-8H,1-4H3;2*1H;/q-1;;-1;;;+2/p-2. The molecule has 4 aliphatic carbocycles. The molecule has 0 radical (unpaired) electrons.